The van der Waals surface area contributed by atoms with Crippen molar-refractivity contribution in [1.82, 2.24) is 0 Å². The normalized spacial score (nSPS) is 11.0. The number of hydrogen-bond acceptors (Lipinski definition) is 3. The van der Waals surface area contributed by atoms with Gasteiger partial charge < -0.3 is 5.11 Å². The summed E-state index contributed by atoms with van der Waals surface area (Å²) >= 11 is 8.99. The molecule has 0 aliphatic rings. The summed E-state index contributed by atoms with van der Waals surface area (Å²) in [7, 11) is 0. The molecule has 0 fully saturated rings. The Morgan fingerprint density at radius 2 is 2.36 bits per heavy atom. The lowest BCUT2D eigenvalue weighted by Gasteiger charge is -2.07. The van der Waals surface area contributed by atoms with Gasteiger partial charge >= 0.3 is 0 Å². The van der Waals surface area contributed by atoms with E-state index in [1.807, 2.05) is 23.8 Å². The van der Waals surface area contributed by atoms with Crippen LogP contribution in [0.5, 0.6) is 5.75 Å². The summed E-state index contributed by atoms with van der Waals surface area (Å²) in [6.07, 6.45) is 1.96. The predicted molar refractivity (Wildman–Crippen MR) is 64.8 cm³/mol. The number of halogens is 1. The quantitative estimate of drug-likeness (QED) is 0.635. The Kier molecular flexibility index (Phi) is 2.91. The fourth-order valence-electron chi connectivity index (χ4n) is 1.43. The van der Waals surface area contributed by atoms with E-state index >= 15 is 0 Å². The molecule has 0 spiro atoms. The Hall–Kier alpha value is -0.380. The van der Waals surface area contributed by atoms with Crippen LogP contribution in [0.4, 0.5) is 0 Å². The van der Waals surface area contributed by atoms with Gasteiger partial charge in [0.25, 0.3) is 0 Å². The van der Waals surface area contributed by atoms with Crippen molar-refractivity contribution in [3.63, 3.8) is 0 Å². The molecule has 0 unspecified atom stereocenters. The van der Waals surface area contributed by atoms with E-state index in [1.165, 1.54) is 4.70 Å². The van der Waals surface area contributed by atoms with Gasteiger partial charge in [-0.25, -0.2) is 0 Å². The molecular weight excluding hydrogens is 236 g/mol. The van der Waals surface area contributed by atoms with Crippen LogP contribution in [-0.4, -0.2) is 11.4 Å². The van der Waals surface area contributed by atoms with Gasteiger partial charge in [0, 0.05) is 15.6 Å². The topological polar surface area (TPSA) is 20.2 Å². The molecule has 0 saturated heterocycles. The molecule has 1 heterocycles. The van der Waals surface area contributed by atoms with Crippen molar-refractivity contribution >= 4 is 44.8 Å². The molecule has 0 aliphatic heterocycles. The van der Waals surface area contributed by atoms with Crippen molar-refractivity contribution in [2.45, 2.75) is 10.8 Å². The molecule has 4 heteroatoms. The maximum atomic E-state index is 9.90. The first-order valence-electron chi connectivity index (χ1n) is 4.10. The van der Waals surface area contributed by atoms with Gasteiger partial charge in [0.05, 0.1) is 10.8 Å². The Labute approximate surface area is 95.7 Å². The van der Waals surface area contributed by atoms with E-state index in [-0.39, 0.29) is 0 Å². The third-order valence-corrected chi connectivity index (χ3v) is 4.09. The van der Waals surface area contributed by atoms with Gasteiger partial charge in [-0.15, -0.1) is 34.7 Å². The second kappa shape index (κ2) is 4.01. The molecule has 1 N–H and O–H groups in total. The van der Waals surface area contributed by atoms with Crippen molar-refractivity contribution in [2.75, 3.05) is 6.26 Å². The lowest BCUT2D eigenvalue weighted by Crippen LogP contribution is -1.83. The Morgan fingerprint density at radius 1 is 1.57 bits per heavy atom. The molecule has 0 saturated carbocycles. The highest BCUT2D eigenvalue weighted by atomic mass is 35.5. The fraction of sp³-hybridized carbons (Fsp3) is 0.200. The number of alkyl halides is 1. The van der Waals surface area contributed by atoms with Crippen LogP contribution in [0.15, 0.2) is 22.4 Å². The highest BCUT2D eigenvalue weighted by molar-refractivity contribution is 7.99. The number of thioether (sulfide) groups is 1. The number of rotatable bonds is 2. The molecule has 74 valence electrons. The first-order chi connectivity index (χ1) is 6.77. The van der Waals surface area contributed by atoms with Crippen LogP contribution in [0.1, 0.15) is 5.56 Å². The average Bonchev–Trinajstić information content (AvgIpc) is 2.64. The highest BCUT2D eigenvalue weighted by Crippen LogP contribution is 2.40. The summed E-state index contributed by atoms with van der Waals surface area (Å²) in [4.78, 5) is 0.930. The van der Waals surface area contributed by atoms with E-state index < -0.39 is 0 Å². The number of phenols is 1. The SMILES string of the molecule is CSc1c(O)c(CCl)cc2sccc12. The average molecular weight is 245 g/mol. The first-order valence-corrected chi connectivity index (χ1v) is 6.73. The number of aromatic hydroxyl groups is 1. The van der Waals surface area contributed by atoms with Gasteiger partial charge in [0.2, 0.25) is 0 Å². The number of benzene rings is 1. The predicted octanol–water partition coefficient (Wildman–Crippen LogP) is 4.07. The van der Waals surface area contributed by atoms with Gasteiger partial charge in [-0.1, -0.05) is 0 Å². The van der Waals surface area contributed by atoms with E-state index in [9.17, 15) is 5.11 Å². The summed E-state index contributed by atoms with van der Waals surface area (Å²) in [5.41, 5.74) is 0.811. The fourth-order valence-corrected chi connectivity index (χ4v) is 3.28. The van der Waals surface area contributed by atoms with Gasteiger partial charge in [-0.2, -0.15) is 0 Å². The van der Waals surface area contributed by atoms with Crippen molar-refractivity contribution < 1.29 is 5.11 Å². The molecule has 0 aliphatic carbocycles. The minimum atomic E-state index is 0.332. The van der Waals surface area contributed by atoms with Crippen LogP contribution < -0.4 is 0 Å². The van der Waals surface area contributed by atoms with Crippen molar-refractivity contribution in [2.24, 2.45) is 0 Å². The standard InChI is InChI=1S/C10H9ClOS2/c1-13-10-7-2-3-14-8(7)4-6(5-11)9(10)12/h2-4,12H,5H2,1H3. The molecule has 2 rings (SSSR count). The van der Waals surface area contributed by atoms with E-state index in [1.54, 1.807) is 23.1 Å². The van der Waals surface area contributed by atoms with E-state index in [0.717, 1.165) is 15.8 Å². The lowest BCUT2D eigenvalue weighted by molar-refractivity contribution is 0.459. The Bertz CT molecular complexity index is 464. The van der Waals surface area contributed by atoms with Gasteiger partial charge in [-0.05, 0) is 23.8 Å². The Morgan fingerprint density at radius 3 is 3.00 bits per heavy atom. The smallest absolute Gasteiger partial charge is 0.134 e. The maximum absolute atomic E-state index is 9.90. The van der Waals surface area contributed by atoms with Crippen molar-refractivity contribution in [3.8, 4) is 5.75 Å². The molecule has 1 nitrogen and oxygen atoms in total. The molecule has 14 heavy (non-hydrogen) atoms. The second-order valence-electron chi connectivity index (χ2n) is 2.88. The van der Waals surface area contributed by atoms with Crippen molar-refractivity contribution in [1.29, 1.82) is 0 Å². The number of hydrogen-bond donors (Lipinski definition) is 1. The third kappa shape index (κ3) is 1.49. The highest BCUT2D eigenvalue weighted by Gasteiger charge is 2.11. The Balaban J connectivity index is 2.80. The summed E-state index contributed by atoms with van der Waals surface area (Å²) in [6, 6.07) is 3.99. The summed E-state index contributed by atoms with van der Waals surface area (Å²) in [5.74, 6) is 0.686. The summed E-state index contributed by atoms with van der Waals surface area (Å²) < 4.78 is 1.18. The van der Waals surface area contributed by atoms with Crippen LogP contribution in [0.3, 0.4) is 0 Å². The molecule has 0 amide bonds. The maximum Gasteiger partial charge on any atom is 0.134 e. The molecule has 2 aromatic rings. The van der Waals surface area contributed by atoms with Crippen LogP contribution in [0.2, 0.25) is 0 Å². The van der Waals surface area contributed by atoms with E-state index in [4.69, 9.17) is 11.6 Å². The lowest BCUT2D eigenvalue weighted by atomic mass is 10.2. The molecule has 0 bridgehead atoms. The first kappa shape index (κ1) is 10.1. The summed E-state index contributed by atoms with van der Waals surface area (Å²) in [6.45, 7) is 0. The van der Waals surface area contributed by atoms with Crippen LogP contribution in [-0.2, 0) is 5.88 Å². The molecule has 0 radical (unpaired) electrons. The zero-order valence-electron chi connectivity index (χ0n) is 7.58. The minimum Gasteiger partial charge on any atom is -0.506 e. The zero-order valence-corrected chi connectivity index (χ0v) is 9.97. The van der Waals surface area contributed by atoms with Gasteiger partial charge in [-0.3, -0.25) is 0 Å². The second-order valence-corrected chi connectivity index (χ2v) is 4.92. The monoisotopic (exact) mass is 244 g/mol. The molecule has 1 aromatic carbocycles. The summed E-state index contributed by atoms with van der Waals surface area (Å²) in [5, 5.41) is 13.1. The van der Waals surface area contributed by atoms with Gasteiger partial charge in [0.15, 0.2) is 0 Å². The zero-order chi connectivity index (χ0) is 10.1. The molecule has 0 atom stereocenters. The van der Waals surface area contributed by atoms with E-state index in [0.29, 0.717) is 11.6 Å². The number of phenolic OH excluding ortho intramolecular Hbond substituents is 1. The van der Waals surface area contributed by atoms with E-state index in [2.05, 4.69) is 0 Å². The third-order valence-electron chi connectivity index (χ3n) is 2.11. The van der Waals surface area contributed by atoms with Crippen molar-refractivity contribution in [3.05, 3.63) is 23.1 Å². The molecule has 1 aromatic heterocycles. The number of fused-ring (bicyclic) bond motifs is 1. The van der Waals surface area contributed by atoms with Crippen LogP contribution in [0.25, 0.3) is 10.1 Å². The van der Waals surface area contributed by atoms with Crippen LogP contribution >= 0.6 is 34.7 Å². The number of thiophene rings is 1. The van der Waals surface area contributed by atoms with Gasteiger partial charge in [0.1, 0.15) is 5.75 Å². The largest absolute Gasteiger partial charge is 0.506 e. The van der Waals surface area contributed by atoms with Crippen LogP contribution in [0, 0.1) is 0 Å². The molecular formula is C10H9ClOS2. The minimum absolute atomic E-state index is 0.332.